The standard InChI is InChI=1S/C16H15ClN2O/c17-13-5-7-14(8-6-13)18-16(20)11-19-10-9-12-3-1-2-4-15(12)19/h1-8H,9-11H2,(H,18,20). The molecule has 0 fully saturated rings. The Balaban J connectivity index is 1.64. The molecule has 4 heteroatoms. The second kappa shape index (κ2) is 5.55. The molecule has 1 aliphatic rings. The van der Waals surface area contributed by atoms with E-state index in [1.807, 2.05) is 12.1 Å². The van der Waals surface area contributed by atoms with Crippen molar-refractivity contribution < 1.29 is 4.79 Å². The van der Waals surface area contributed by atoms with Gasteiger partial charge in [0.2, 0.25) is 5.91 Å². The highest BCUT2D eigenvalue weighted by Crippen LogP contribution is 2.27. The van der Waals surface area contributed by atoms with Gasteiger partial charge < -0.3 is 10.2 Å². The van der Waals surface area contributed by atoms with Crippen LogP contribution >= 0.6 is 11.6 Å². The summed E-state index contributed by atoms with van der Waals surface area (Å²) in [5.41, 5.74) is 3.25. The lowest BCUT2D eigenvalue weighted by Crippen LogP contribution is -2.31. The van der Waals surface area contributed by atoms with Crippen LogP contribution in [0.25, 0.3) is 0 Å². The predicted octanol–water partition coefficient (Wildman–Crippen LogP) is 3.34. The number of carbonyl (C=O) groups excluding carboxylic acids is 1. The molecule has 0 saturated heterocycles. The minimum absolute atomic E-state index is 0.0102. The third kappa shape index (κ3) is 2.78. The maximum absolute atomic E-state index is 12.1. The molecule has 2 aromatic carbocycles. The van der Waals surface area contributed by atoms with Gasteiger partial charge in [-0.05, 0) is 42.3 Å². The third-order valence-corrected chi connectivity index (χ3v) is 3.70. The number of hydrogen-bond donors (Lipinski definition) is 1. The van der Waals surface area contributed by atoms with Gasteiger partial charge in [0.05, 0.1) is 6.54 Å². The van der Waals surface area contributed by atoms with Crippen molar-refractivity contribution in [2.75, 3.05) is 23.3 Å². The normalized spacial score (nSPS) is 13.2. The summed E-state index contributed by atoms with van der Waals surface area (Å²) in [5, 5.41) is 3.55. The fraction of sp³-hybridized carbons (Fsp3) is 0.188. The maximum atomic E-state index is 12.1. The highest BCUT2D eigenvalue weighted by Gasteiger charge is 2.20. The third-order valence-electron chi connectivity index (χ3n) is 3.45. The van der Waals surface area contributed by atoms with Crippen molar-refractivity contribution in [3.05, 3.63) is 59.1 Å². The molecular formula is C16H15ClN2O. The Morgan fingerprint density at radius 1 is 1.15 bits per heavy atom. The van der Waals surface area contributed by atoms with Gasteiger partial charge >= 0.3 is 0 Å². The SMILES string of the molecule is O=C(CN1CCc2ccccc21)Nc1ccc(Cl)cc1. The van der Waals surface area contributed by atoms with E-state index in [-0.39, 0.29) is 5.91 Å². The second-order valence-electron chi connectivity index (χ2n) is 4.86. The summed E-state index contributed by atoms with van der Waals surface area (Å²) in [6.07, 6.45) is 1.00. The Morgan fingerprint density at radius 3 is 2.70 bits per heavy atom. The number of fused-ring (bicyclic) bond motifs is 1. The van der Waals surface area contributed by atoms with Gasteiger partial charge in [-0.3, -0.25) is 4.79 Å². The minimum atomic E-state index is -0.0102. The molecule has 1 amide bonds. The highest BCUT2D eigenvalue weighted by molar-refractivity contribution is 6.30. The Labute approximate surface area is 123 Å². The van der Waals surface area contributed by atoms with E-state index in [1.165, 1.54) is 11.3 Å². The van der Waals surface area contributed by atoms with Crippen molar-refractivity contribution in [3.8, 4) is 0 Å². The van der Waals surface area contributed by atoms with Gasteiger partial charge in [0, 0.05) is 22.9 Å². The summed E-state index contributed by atoms with van der Waals surface area (Å²) in [4.78, 5) is 14.2. The molecule has 3 nitrogen and oxygen atoms in total. The molecule has 1 heterocycles. The highest BCUT2D eigenvalue weighted by atomic mass is 35.5. The number of benzene rings is 2. The van der Waals surface area contributed by atoms with Crippen LogP contribution in [-0.2, 0) is 11.2 Å². The monoisotopic (exact) mass is 286 g/mol. The Bertz CT molecular complexity index is 625. The van der Waals surface area contributed by atoms with Crippen LogP contribution in [0.5, 0.6) is 0 Å². The Kier molecular flexibility index (Phi) is 3.61. The quantitative estimate of drug-likeness (QED) is 0.938. The van der Waals surface area contributed by atoms with E-state index >= 15 is 0 Å². The number of anilines is 2. The number of halogens is 1. The first-order valence-electron chi connectivity index (χ1n) is 6.60. The van der Waals surface area contributed by atoms with Crippen LogP contribution in [0.4, 0.5) is 11.4 Å². The topological polar surface area (TPSA) is 32.3 Å². The molecule has 2 aromatic rings. The van der Waals surface area contributed by atoms with Crippen molar-refractivity contribution in [2.45, 2.75) is 6.42 Å². The summed E-state index contributed by atoms with van der Waals surface area (Å²) in [6.45, 7) is 1.27. The number of rotatable bonds is 3. The molecular weight excluding hydrogens is 272 g/mol. The van der Waals surface area contributed by atoms with Crippen LogP contribution in [0.3, 0.4) is 0 Å². The number of hydrogen-bond acceptors (Lipinski definition) is 2. The summed E-state index contributed by atoms with van der Waals surface area (Å²) in [7, 11) is 0. The van der Waals surface area contributed by atoms with Gasteiger partial charge in [-0.2, -0.15) is 0 Å². The number of nitrogens with one attached hydrogen (secondary N) is 1. The van der Waals surface area contributed by atoms with Crippen LogP contribution in [0.15, 0.2) is 48.5 Å². The van der Waals surface area contributed by atoms with Crippen LogP contribution < -0.4 is 10.2 Å². The molecule has 0 aliphatic carbocycles. The zero-order valence-corrected chi connectivity index (χ0v) is 11.7. The zero-order valence-electron chi connectivity index (χ0n) is 11.0. The molecule has 1 N–H and O–H groups in total. The minimum Gasteiger partial charge on any atom is -0.362 e. The van der Waals surface area contributed by atoms with Gasteiger partial charge in [-0.15, -0.1) is 0 Å². The van der Waals surface area contributed by atoms with Gasteiger partial charge in [-0.25, -0.2) is 0 Å². The van der Waals surface area contributed by atoms with Crippen molar-refractivity contribution in [1.82, 2.24) is 0 Å². The Hall–Kier alpha value is -2.00. The molecule has 0 radical (unpaired) electrons. The predicted molar refractivity (Wildman–Crippen MR) is 82.4 cm³/mol. The molecule has 3 rings (SSSR count). The number of amides is 1. The van der Waals surface area contributed by atoms with Gasteiger partial charge in [0.25, 0.3) is 0 Å². The summed E-state index contributed by atoms with van der Waals surface area (Å²) < 4.78 is 0. The summed E-state index contributed by atoms with van der Waals surface area (Å²) in [5.74, 6) is -0.0102. The average molecular weight is 287 g/mol. The molecule has 0 spiro atoms. The van der Waals surface area contributed by atoms with Crippen LogP contribution in [0.2, 0.25) is 5.02 Å². The largest absolute Gasteiger partial charge is 0.362 e. The van der Waals surface area contributed by atoms with Crippen molar-refractivity contribution in [1.29, 1.82) is 0 Å². The van der Waals surface area contributed by atoms with Gasteiger partial charge in [0.1, 0.15) is 0 Å². The smallest absolute Gasteiger partial charge is 0.243 e. The van der Waals surface area contributed by atoms with Crippen LogP contribution in [0.1, 0.15) is 5.56 Å². The van der Waals surface area contributed by atoms with Crippen molar-refractivity contribution in [2.24, 2.45) is 0 Å². The first kappa shape index (κ1) is 13.0. The van der Waals surface area contributed by atoms with E-state index in [1.54, 1.807) is 24.3 Å². The number of para-hydroxylation sites is 1. The maximum Gasteiger partial charge on any atom is 0.243 e. The lowest BCUT2D eigenvalue weighted by atomic mass is 10.2. The molecule has 0 unspecified atom stereocenters. The fourth-order valence-corrected chi connectivity index (χ4v) is 2.60. The second-order valence-corrected chi connectivity index (χ2v) is 5.29. The fourth-order valence-electron chi connectivity index (χ4n) is 2.48. The van der Waals surface area contributed by atoms with E-state index in [0.29, 0.717) is 11.6 Å². The van der Waals surface area contributed by atoms with Crippen molar-refractivity contribution in [3.63, 3.8) is 0 Å². The molecule has 0 atom stereocenters. The van der Waals surface area contributed by atoms with E-state index in [4.69, 9.17) is 11.6 Å². The number of nitrogens with zero attached hydrogens (tertiary/aromatic N) is 1. The average Bonchev–Trinajstić information content (AvgIpc) is 2.85. The molecule has 0 aromatic heterocycles. The van der Waals surface area contributed by atoms with E-state index in [2.05, 4.69) is 22.3 Å². The Morgan fingerprint density at radius 2 is 1.90 bits per heavy atom. The zero-order chi connectivity index (χ0) is 13.9. The van der Waals surface area contributed by atoms with E-state index < -0.39 is 0 Å². The van der Waals surface area contributed by atoms with Gasteiger partial charge in [0.15, 0.2) is 0 Å². The van der Waals surface area contributed by atoms with Crippen LogP contribution in [0, 0.1) is 0 Å². The summed E-state index contributed by atoms with van der Waals surface area (Å²) in [6, 6.07) is 15.4. The molecule has 0 saturated carbocycles. The van der Waals surface area contributed by atoms with Gasteiger partial charge in [-0.1, -0.05) is 29.8 Å². The van der Waals surface area contributed by atoms with E-state index in [9.17, 15) is 4.79 Å². The molecule has 1 aliphatic heterocycles. The molecule has 20 heavy (non-hydrogen) atoms. The molecule has 0 bridgehead atoms. The molecule has 102 valence electrons. The van der Waals surface area contributed by atoms with Crippen LogP contribution in [-0.4, -0.2) is 19.0 Å². The van der Waals surface area contributed by atoms with E-state index in [0.717, 1.165) is 18.7 Å². The lowest BCUT2D eigenvalue weighted by Gasteiger charge is -2.18. The first-order chi connectivity index (χ1) is 9.72. The lowest BCUT2D eigenvalue weighted by molar-refractivity contribution is -0.115. The first-order valence-corrected chi connectivity index (χ1v) is 6.98. The number of carbonyl (C=O) groups is 1. The summed E-state index contributed by atoms with van der Waals surface area (Å²) >= 11 is 5.82. The van der Waals surface area contributed by atoms with Crippen molar-refractivity contribution >= 4 is 28.9 Å².